The summed E-state index contributed by atoms with van der Waals surface area (Å²) in [6.07, 6.45) is 5.80. The Morgan fingerprint density at radius 3 is 2.55 bits per heavy atom. The fourth-order valence-corrected chi connectivity index (χ4v) is 2.22. The molecule has 1 aromatic heterocycles. The van der Waals surface area contributed by atoms with Crippen molar-refractivity contribution in [1.29, 1.82) is 0 Å². The van der Waals surface area contributed by atoms with Crippen LogP contribution >= 0.6 is 0 Å². The van der Waals surface area contributed by atoms with Gasteiger partial charge in [-0.1, -0.05) is 42.5 Å². The van der Waals surface area contributed by atoms with Crippen LogP contribution < -0.4 is 5.32 Å². The van der Waals surface area contributed by atoms with Crippen molar-refractivity contribution >= 4 is 10.8 Å². The monoisotopic (exact) mass is 294 g/mol. The third-order valence-electron chi connectivity index (χ3n) is 3.39. The molecule has 0 aliphatic rings. The predicted molar refractivity (Wildman–Crippen MR) is 92.1 cm³/mol. The van der Waals surface area contributed by atoms with Gasteiger partial charge in [0.2, 0.25) is 0 Å². The van der Waals surface area contributed by atoms with Gasteiger partial charge in [0, 0.05) is 23.2 Å². The topological polar surface area (TPSA) is 45.1 Å². The van der Waals surface area contributed by atoms with E-state index >= 15 is 0 Å². The molecule has 114 valence electrons. The lowest BCUT2D eigenvalue weighted by molar-refractivity contribution is 0.481. The van der Waals surface area contributed by atoms with E-state index in [1.165, 1.54) is 18.4 Å². The Labute approximate surface area is 131 Å². The van der Waals surface area contributed by atoms with Crippen molar-refractivity contribution in [2.45, 2.75) is 12.8 Å². The summed E-state index contributed by atoms with van der Waals surface area (Å²) in [4.78, 5) is 3.94. The minimum Gasteiger partial charge on any atom is -0.507 e. The Bertz CT molecular complexity index is 678. The highest BCUT2D eigenvalue weighted by Gasteiger charge is 1.95. The van der Waals surface area contributed by atoms with Crippen molar-refractivity contribution < 1.29 is 5.11 Å². The number of nitrogens with one attached hydrogen (secondary N) is 1. The Balaban J connectivity index is 0.000000160. The van der Waals surface area contributed by atoms with E-state index < -0.39 is 0 Å². The van der Waals surface area contributed by atoms with Gasteiger partial charge in [-0.3, -0.25) is 4.98 Å². The molecule has 3 aromatic rings. The molecule has 0 bridgehead atoms. The molecule has 0 radical (unpaired) electrons. The number of aromatic hydroxyl groups is 1. The van der Waals surface area contributed by atoms with E-state index in [-0.39, 0.29) is 0 Å². The standard InChI is InChI=1S/C10H15N.C9H7NO/c1-11-9-5-8-10-6-3-2-4-7-10;11-9-3-1-2-7-6-10-5-4-8(7)9/h2-4,6-7,11H,5,8-9H2,1H3;1-6,11H. The maximum absolute atomic E-state index is 9.34. The van der Waals surface area contributed by atoms with Gasteiger partial charge in [-0.05, 0) is 44.1 Å². The number of nitrogens with zero attached hydrogens (tertiary/aromatic N) is 1. The number of phenols is 1. The first-order valence-electron chi connectivity index (χ1n) is 7.51. The van der Waals surface area contributed by atoms with Crippen molar-refractivity contribution in [2.24, 2.45) is 0 Å². The van der Waals surface area contributed by atoms with Crippen LogP contribution in [0.3, 0.4) is 0 Å². The van der Waals surface area contributed by atoms with E-state index in [9.17, 15) is 5.11 Å². The lowest BCUT2D eigenvalue weighted by Crippen LogP contribution is -2.08. The van der Waals surface area contributed by atoms with Crippen LogP contribution in [-0.4, -0.2) is 23.7 Å². The number of hydrogen-bond donors (Lipinski definition) is 2. The Hall–Kier alpha value is -2.39. The van der Waals surface area contributed by atoms with Gasteiger partial charge < -0.3 is 10.4 Å². The number of pyridine rings is 1. The summed E-state index contributed by atoms with van der Waals surface area (Å²) in [5, 5.41) is 14.3. The van der Waals surface area contributed by atoms with Crippen LogP contribution in [0.25, 0.3) is 10.8 Å². The molecule has 0 saturated carbocycles. The van der Waals surface area contributed by atoms with Crippen LogP contribution in [0, 0.1) is 0 Å². The number of fused-ring (bicyclic) bond motifs is 1. The van der Waals surface area contributed by atoms with E-state index in [1.807, 2.05) is 13.1 Å². The molecule has 0 saturated heterocycles. The summed E-state index contributed by atoms with van der Waals surface area (Å²) in [6, 6.07) is 17.8. The third kappa shape index (κ3) is 4.86. The first-order chi connectivity index (χ1) is 10.8. The molecule has 2 N–H and O–H groups in total. The zero-order valence-corrected chi connectivity index (χ0v) is 12.9. The van der Waals surface area contributed by atoms with E-state index in [0.717, 1.165) is 17.3 Å². The van der Waals surface area contributed by atoms with Gasteiger partial charge in [0.1, 0.15) is 5.75 Å². The Kier molecular flexibility index (Phi) is 6.39. The van der Waals surface area contributed by atoms with Crippen molar-refractivity contribution in [1.82, 2.24) is 10.3 Å². The molecule has 0 amide bonds. The van der Waals surface area contributed by atoms with E-state index in [2.05, 4.69) is 40.6 Å². The minimum atomic E-state index is 0.310. The summed E-state index contributed by atoms with van der Waals surface area (Å²) >= 11 is 0. The molecular weight excluding hydrogens is 272 g/mol. The fraction of sp³-hybridized carbons (Fsp3) is 0.211. The van der Waals surface area contributed by atoms with Crippen LogP contribution in [-0.2, 0) is 6.42 Å². The summed E-state index contributed by atoms with van der Waals surface area (Å²) in [5.41, 5.74) is 1.43. The van der Waals surface area contributed by atoms with Crippen LogP contribution in [0.15, 0.2) is 67.0 Å². The number of aromatic nitrogens is 1. The quantitative estimate of drug-likeness (QED) is 0.720. The largest absolute Gasteiger partial charge is 0.507 e. The molecular formula is C19H22N2O. The van der Waals surface area contributed by atoms with E-state index in [1.54, 1.807) is 30.6 Å². The molecule has 0 unspecified atom stereocenters. The lowest BCUT2D eigenvalue weighted by Gasteiger charge is -1.99. The van der Waals surface area contributed by atoms with Gasteiger partial charge in [-0.2, -0.15) is 0 Å². The first-order valence-corrected chi connectivity index (χ1v) is 7.51. The molecule has 2 aromatic carbocycles. The number of phenolic OH excluding ortho intramolecular Hbond substituents is 1. The van der Waals surface area contributed by atoms with Gasteiger partial charge in [-0.15, -0.1) is 0 Å². The molecule has 0 aliphatic heterocycles. The molecule has 0 atom stereocenters. The summed E-state index contributed by atoms with van der Waals surface area (Å²) < 4.78 is 0. The molecule has 3 rings (SSSR count). The molecule has 1 heterocycles. The van der Waals surface area contributed by atoms with Crippen molar-refractivity contribution in [3.63, 3.8) is 0 Å². The molecule has 22 heavy (non-hydrogen) atoms. The second-order valence-corrected chi connectivity index (χ2v) is 5.07. The number of rotatable bonds is 4. The predicted octanol–water partition coefficient (Wildman–Crippen LogP) is 3.78. The van der Waals surface area contributed by atoms with Gasteiger partial charge in [0.05, 0.1) is 0 Å². The third-order valence-corrected chi connectivity index (χ3v) is 3.39. The summed E-state index contributed by atoms with van der Waals surface area (Å²) in [5.74, 6) is 0.310. The highest BCUT2D eigenvalue weighted by molar-refractivity contribution is 5.86. The second kappa shape index (κ2) is 8.80. The zero-order chi connectivity index (χ0) is 15.6. The van der Waals surface area contributed by atoms with E-state index in [4.69, 9.17) is 0 Å². The van der Waals surface area contributed by atoms with Gasteiger partial charge in [0.15, 0.2) is 0 Å². The maximum Gasteiger partial charge on any atom is 0.123 e. The molecule has 3 heteroatoms. The zero-order valence-electron chi connectivity index (χ0n) is 12.9. The minimum absolute atomic E-state index is 0.310. The second-order valence-electron chi connectivity index (χ2n) is 5.07. The lowest BCUT2D eigenvalue weighted by atomic mass is 10.1. The summed E-state index contributed by atoms with van der Waals surface area (Å²) in [7, 11) is 1.99. The van der Waals surface area contributed by atoms with Crippen molar-refractivity contribution in [2.75, 3.05) is 13.6 Å². The SMILES string of the molecule is CNCCCc1ccccc1.Oc1cccc2cnccc12. The van der Waals surface area contributed by atoms with E-state index in [0.29, 0.717) is 5.75 Å². The average molecular weight is 294 g/mol. The molecule has 0 fully saturated rings. The maximum atomic E-state index is 9.34. The van der Waals surface area contributed by atoms with Gasteiger partial charge >= 0.3 is 0 Å². The highest BCUT2D eigenvalue weighted by atomic mass is 16.3. The normalized spacial score (nSPS) is 10.0. The molecule has 0 aliphatic carbocycles. The Morgan fingerprint density at radius 1 is 1.00 bits per heavy atom. The Morgan fingerprint density at radius 2 is 1.82 bits per heavy atom. The number of aryl methyl sites for hydroxylation is 1. The van der Waals surface area contributed by atoms with Crippen LogP contribution in [0.5, 0.6) is 5.75 Å². The van der Waals surface area contributed by atoms with Crippen molar-refractivity contribution in [3.05, 3.63) is 72.6 Å². The molecule has 0 spiro atoms. The van der Waals surface area contributed by atoms with Crippen molar-refractivity contribution in [3.8, 4) is 5.75 Å². The van der Waals surface area contributed by atoms with Crippen LogP contribution in [0.1, 0.15) is 12.0 Å². The van der Waals surface area contributed by atoms with Crippen LogP contribution in [0.4, 0.5) is 0 Å². The summed E-state index contributed by atoms with van der Waals surface area (Å²) in [6.45, 7) is 1.11. The van der Waals surface area contributed by atoms with Gasteiger partial charge in [-0.25, -0.2) is 0 Å². The number of hydrogen-bond acceptors (Lipinski definition) is 3. The highest BCUT2D eigenvalue weighted by Crippen LogP contribution is 2.22. The average Bonchev–Trinajstić information content (AvgIpc) is 2.57. The smallest absolute Gasteiger partial charge is 0.123 e. The fourth-order valence-electron chi connectivity index (χ4n) is 2.22. The number of benzene rings is 2. The molecule has 3 nitrogen and oxygen atoms in total. The first kappa shape index (κ1) is 16.0. The van der Waals surface area contributed by atoms with Gasteiger partial charge in [0.25, 0.3) is 0 Å². The van der Waals surface area contributed by atoms with Crippen LogP contribution in [0.2, 0.25) is 0 Å².